The normalized spacial score (nSPS) is 12.7. The Labute approximate surface area is 86.6 Å². The lowest BCUT2D eigenvalue weighted by molar-refractivity contribution is -0.135. The molecule has 0 aliphatic rings. The molecule has 0 saturated heterocycles. The molecule has 1 atom stereocenters. The standard InChI is InChI=1S/C11H11NO3/c1-7(12)11(13)15-10-6-14-9-5-3-2-4-8(9)10/h2-7H,12H2,1H3/t7-/m0/s1. The summed E-state index contributed by atoms with van der Waals surface area (Å²) in [5.41, 5.74) is 6.08. The van der Waals surface area contributed by atoms with Crippen molar-refractivity contribution in [1.82, 2.24) is 0 Å². The number of hydrogen-bond acceptors (Lipinski definition) is 4. The zero-order chi connectivity index (χ0) is 10.8. The van der Waals surface area contributed by atoms with E-state index in [9.17, 15) is 4.79 Å². The molecule has 0 saturated carbocycles. The van der Waals surface area contributed by atoms with Crippen molar-refractivity contribution in [2.24, 2.45) is 5.73 Å². The molecule has 0 spiro atoms. The molecule has 1 heterocycles. The highest BCUT2D eigenvalue weighted by molar-refractivity contribution is 5.87. The summed E-state index contributed by atoms with van der Waals surface area (Å²) in [5, 5.41) is 0.770. The van der Waals surface area contributed by atoms with Crippen LogP contribution in [0.1, 0.15) is 6.92 Å². The average Bonchev–Trinajstić information content (AvgIpc) is 2.62. The van der Waals surface area contributed by atoms with Crippen LogP contribution < -0.4 is 10.5 Å². The van der Waals surface area contributed by atoms with Crippen molar-refractivity contribution >= 4 is 16.9 Å². The number of carbonyl (C=O) groups excluding carboxylic acids is 1. The maximum atomic E-state index is 11.3. The summed E-state index contributed by atoms with van der Waals surface area (Å²) in [6, 6.07) is 6.68. The molecule has 0 amide bonds. The van der Waals surface area contributed by atoms with Crippen LogP contribution in [-0.4, -0.2) is 12.0 Å². The monoisotopic (exact) mass is 205 g/mol. The molecule has 2 rings (SSSR count). The van der Waals surface area contributed by atoms with Gasteiger partial charge in [0.25, 0.3) is 0 Å². The van der Waals surface area contributed by atoms with E-state index in [2.05, 4.69) is 0 Å². The Morgan fingerprint density at radius 2 is 2.20 bits per heavy atom. The van der Waals surface area contributed by atoms with E-state index in [1.54, 1.807) is 13.0 Å². The quantitative estimate of drug-likeness (QED) is 0.757. The van der Waals surface area contributed by atoms with Crippen LogP contribution in [0.25, 0.3) is 11.0 Å². The molecule has 0 aliphatic carbocycles. The topological polar surface area (TPSA) is 65.5 Å². The second-order valence-corrected chi connectivity index (χ2v) is 3.31. The highest BCUT2D eigenvalue weighted by Gasteiger charge is 2.13. The van der Waals surface area contributed by atoms with Crippen LogP contribution in [0.15, 0.2) is 34.9 Å². The van der Waals surface area contributed by atoms with E-state index in [0.717, 1.165) is 5.39 Å². The van der Waals surface area contributed by atoms with Gasteiger partial charge in [-0.3, -0.25) is 0 Å². The first-order valence-corrected chi connectivity index (χ1v) is 4.62. The minimum atomic E-state index is -0.640. The van der Waals surface area contributed by atoms with Gasteiger partial charge in [0, 0.05) is 0 Å². The molecule has 78 valence electrons. The fourth-order valence-electron chi connectivity index (χ4n) is 1.23. The molecule has 0 fully saturated rings. The summed E-state index contributed by atoms with van der Waals surface area (Å²) in [5.74, 6) is -0.0607. The summed E-state index contributed by atoms with van der Waals surface area (Å²) < 4.78 is 10.3. The van der Waals surface area contributed by atoms with Gasteiger partial charge in [0.1, 0.15) is 17.9 Å². The van der Waals surface area contributed by atoms with Crippen molar-refractivity contribution in [3.05, 3.63) is 30.5 Å². The third-order valence-electron chi connectivity index (χ3n) is 2.03. The largest absolute Gasteiger partial charge is 0.460 e. The number of furan rings is 1. The molecular weight excluding hydrogens is 194 g/mol. The van der Waals surface area contributed by atoms with Gasteiger partial charge in [0.05, 0.1) is 5.39 Å². The van der Waals surface area contributed by atoms with Gasteiger partial charge in [0.2, 0.25) is 0 Å². The van der Waals surface area contributed by atoms with Crippen molar-refractivity contribution < 1.29 is 13.9 Å². The number of carbonyl (C=O) groups is 1. The van der Waals surface area contributed by atoms with Crippen LogP contribution in [0, 0.1) is 0 Å². The minimum absolute atomic E-state index is 0.410. The Hall–Kier alpha value is -1.81. The van der Waals surface area contributed by atoms with E-state index in [1.165, 1.54) is 6.26 Å². The summed E-state index contributed by atoms with van der Waals surface area (Å²) in [7, 11) is 0. The number of fused-ring (bicyclic) bond motifs is 1. The lowest BCUT2D eigenvalue weighted by atomic mass is 10.2. The van der Waals surface area contributed by atoms with Crippen molar-refractivity contribution in [3.63, 3.8) is 0 Å². The Balaban J connectivity index is 2.33. The van der Waals surface area contributed by atoms with Crippen molar-refractivity contribution in [2.45, 2.75) is 13.0 Å². The van der Waals surface area contributed by atoms with Gasteiger partial charge in [0.15, 0.2) is 5.75 Å². The number of rotatable bonds is 2. The predicted molar refractivity (Wildman–Crippen MR) is 55.5 cm³/mol. The zero-order valence-corrected chi connectivity index (χ0v) is 8.27. The van der Waals surface area contributed by atoms with E-state index in [1.807, 2.05) is 18.2 Å². The number of benzene rings is 1. The molecule has 0 aliphatic heterocycles. The molecular formula is C11H11NO3. The molecule has 4 nitrogen and oxygen atoms in total. The molecule has 2 N–H and O–H groups in total. The lowest BCUT2D eigenvalue weighted by Crippen LogP contribution is -2.30. The molecule has 0 unspecified atom stereocenters. The number of ether oxygens (including phenoxy) is 1. The third kappa shape index (κ3) is 1.85. The fourth-order valence-corrected chi connectivity index (χ4v) is 1.23. The van der Waals surface area contributed by atoms with Gasteiger partial charge < -0.3 is 14.9 Å². The fraction of sp³-hybridized carbons (Fsp3) is 0.182. The number of esters is 1. The van der Waals surface area contributed by atoms with Gasteiger partial charge >= 0.3 is 5.97 Å². The number of nitrogens with two attached hydrogens (primary N) is 1. The van der Waals surface area contributed by atoms with Gasteiger partial charge in [-0.05, 0) is 19.1 Å². The van der Waals surface area contributed by atoms with Gasteiger partial charge in [-0.1, -0.05) is 12.1 Å². The highest BCUT2D eigenvalue weighted by Crippen LogP contribution is 2.27. The summed E-state index contributed by atoms with van der Waals surface area (Å²) in [6.45, 7) is 1.57. The van der Waals surface area contributed by atoms with Crippen molar-refractivity contribution in [2.75, 3.05) is 0 Å². The first-order chi connectivity index (χ1) is 7.18. The van der Waals surface area contributed by atoms with Crippen molar-refractivity contribution in [3.8, 4) is 5.75 Å². The van der Waals surface area contributed by atoms with E-state index < -0.39 is 12.0 Å². The minimum Gasteiger partial charge on any atom is -0.460 e. The summed E-state index contributed by atoms with van der Waals surface area (Å²) in [6.07, 6.45) is 1.41. The first kappa shape index (κ1) is 9.73. The van der Waals surface area contributed by atoms with Gasteiger partial charge in [-0.25, -0.2) is 4.79 Å². The molecule has 0 bridgehead atoms. The second-order valence-electron chi connectivity index (χ2n) is 3.31. The lowest BCUT2D eigenvalue weighted by Gasteiger charge is -2.03. The van der Waals surface area contributed by atoms with Crippen LogP contribution in [-0.2, 0) is 4.79 Å². The third-order valence-corrected chi connectivity index (χ3v) is 2.03. The van der Waals surface area contributed by atoms with Crippen LogP contribution >= 0.6 is 0 Å². The highest BCUT2D eigenvalue weighted by atomic mass is 16.5. The molecule has 1 aromatic heterocycles. The molecule has 15 heavy (non-hydrogen) atoms. The maximum absolute atomic E-state index is 11.3. The zero-order valence-electron chi connectivity index (χ0n) is 8.27. The number of hydrogen-bond donors (Lipinski definition) is 1. The van der Waals surface area contributed by atoms with Crippen LogP contribution in [0.2, 0.25) is 0 Å². The second kappa shape index (κ2) is 3.74. The SMILES string of the molecule is C[C@H](N)C(=O)Oc1coc2ccccc12. The van der Waals surface area contributed by atoms with E-state index in [4.69, 9.17) is 14.9 Å². The van der Waals surface area contributed by atoms with E-state index in [0.29, 0.717) is 11.3 Å². The van der Waals surface area contributed by atoms with Crippen LogP contribution in [0.4, 0.5) is 0 Å². The first-order valence-electron chi connectivity index (χ1n) is 4.62. The van der Waals surface area contributed by atoms with Gasteiger partial charge in [-0.15, -0.1) is 0 Å². The Morgan fingerprint density at radius 1 is 1.47 bits per heavy atom. The Bertz CT molecular complexity index is 487. The Morgan fingerprint density at radius 3 is 2.93 bits per heavy atom. The smallest absolute Gasteiger partial charge is 0.328 e. The van der Waals surface area contributed by atoms with Gasteiger partial charge in [-0.2, -0.15) is 0 Å². The molecule has 1 aromatic carbocycles. The summed E-state index contributed by atoms with van der Waals surface area (Å²) >= 11 is 0. The Kier molecular flexibility index (Phi) is 2.43. The molecule has 0 radical (unpaired) electrons. The van der Waals surface area contributed by atoms with Crippen LogP contribution in [0.5, 0.6) is 5.75 Å². The average molecular weight is 205 g/mol. The predicted octanol–water partition coefficient (Wildman–Crippen LogP) is 1.69. The van der Waals surface area contributed by atoms with E-state index >= 15 is 0 Å². The maximum Gasteiger partial charge on any atom is 0.328 e. The summed E-state index contributed by atoms with van der Waals surface area (Å²) in [4.78, 5) is 11.3. The molecule has 4 heteroatoms. The molecule has 2 aromatic rings. The number of para-hydroxylation sites is 1. The van der Waals surface area contributed by atoms with E-state index in [-0.39, 0.29) is 0 Å². The van der Waals surface area contributed by atoms with Crippen molar-refractivity contribution in [1.29, 1.82) is 0 Å². The van der Waals surface area contributed by atoms with Crippen LogP contribution in [0.3, 0.4) is 0 Å².